The molecule has 0 aliphatic carbocycles. The average molecular weight is 402 g/mol. The van der Waals surface area contributed by atoms with E-state index in [1.165, 1.54) is 18.2 Å². The van der Waals surface area contributed by atoms with Gasteiger partial charge in [0.2, 0.25) is 0 Å². The summed E-state index contributed by atoms with van der Waals surface area (Å²) < 4.78 is 29.3. The van der Waals surface area contributed by atoms with E-state index < -0.39 is 11.8 Å². The Bertz CT molecular complexity index is 766. The first kappa shape index (κ1) is 16.2. The van der Waals surface area contributed by atoms with Crippen LogP contribution in [0.15, 0.2) is 34.8 Å². The number of carbonyl (C=O) groups excluding carboxylic acids is 1. The summed E-state index contributed by atoms with van der Waals surface area (Å²) in [6, 6.07) is 7.19. The summed E-state index contributed by atoms with van der Waals surface area (Å²) in [4.78, 5) is 12.1. The Hall–Kier alpha value is -1.63. The number of carbonyl (C=O) groups is 1. The summed E-state index contributed by atoms with van der Waals surface area (Å²) >= 11 is 9.20. The van der Waals surface area contributed by atoms with Crippen LogP contribution in [0.3, 0.4) is 0 Å². The van der Waals surface area contributed by atoms with Gasteiger partial charge in [0.1, 0.15) is 18.2 Å². The molecule has 0 aromatic heterocycles. The molecular weight excluding hydrogens is 391 g/mol. The first-order valence-electron chi connectivity index (χ1n) is 6.68. The van der Waals surface area contributed by atoms with Crippen LogP contribution in [0.1, 0.15) is 21.5 Å². The lowest BCUT2D eigenvalue weighted by Gasteiger charge is -2.21. The second-order valence-electron chi connectivity index (χ2n) is 4.86. The number of halogens is 3. The molecule has 0 saturated heterocycles. The summed E-state index contributed by atoms with van der Waals surface area (Å²) in [5, 5.41) is 0.506. The molecule has 4 nitrogen and oxygen atoms in total. The van der Waals surface area contributed by atoms with Gasteiger partial charge in [0.25, 0.3) is 0 Å². The van der Waals surface area contributed by atoms with Gasteiger partial charge in [-0.05, 0) is 46.3 Å². The molecule has 0 fully saturated rings. The maximum atomic E-state index is 13.1. The second-order valence-corrected chi connectivity index (χ2v) is 6.15. The highest BCUT2D eigenvalue weighted by Gasteiger charge is 2.19. The fourth-order valence-corrected chi connectivity index (χ4v) is 3.02. The standard InChI is InChI=1S/C16H11BrClFO4/c17-14-5-12(19)1-2-13(14)16(20)22-7-10-4-11(18)3-9-6-21-8-23-15(9)10/h1-5H,6-8H2. The molecule has 1 aliphatic heterocycles. The van der Waals surface area contributed by atoms with Gasteiger partial charge in [-0.1, -0.05) is 11.6 Å². The Morgan fingerprint density at radius 1 is 1.35 bits per heavy atom. The monoisotopic (exact) mass is 400 g/mol. The van der Waals surface area contributed by atoms with E-state index in [2.05, 4.69) is 15.9 Å². The topological polar surface area (TPSA) is 44.8 Å². The summed E-state index contributed by atoms with van der Waals surface area (Å²) in [6.45, 7) is 0.519. The van der Waals surface area contributed by atoms with Gasteiger partial charge in [-0.15, -0.1) is 0 Å². The second kappa shape index (κ2) is 6.86. The first-order chi connectivity index (χ1) is 11.0. The predicted octanol–water partition coefficient (Wildman–Crippen LogP) is 4.47. The van der Waals surface area contributed by atoms with Crippen molar-refractivity contribution in [2.24, 2.45) is 0 Å². The van der Waals surface area contributed by atoms with Crippen LogP contribution in [0.25, 0.3) is 0 Å². The molecule has 23 heavy (non-hydrogen) atoms. The number of ether oxygens (including phenoxy) is 3. The van der Waals surface area contributed by atoms with Gasteiger partial charge >= 0.3 is 5.97 Å². The van der Waals surface area contributed by atoms with Crippen molar-refractivity contribution in [3.8, 4) is 5.75 Å². The van der Waals surface area contributed by atoms with Crippen molar-refractivity contribution in [1.29, 1.82) is 0 Å². The Balaban J connectivity index is 1.78. The minimum atomic E-state index is -0.572. The molecule has 7 heteroatoms. The number of hydrogen-bond donors (Lipinski definition) is 0. The summed E-state index contributed by atoms with van der Waals surface area (Å²) in [7, 11) is 0. The number of benzene rings is 2. The van der Waals surface area contributed by atoms with Crippen LogP contribution in [0, 0.1) is 5.82 Å². The zero-order valence-electron chi connectivity index (χ0n) is 11.8. The highest BCUT2D eigenvalue weighted by atomic mass is 79.9. The maximum Gasteiger partial charge on any atom is 0.339 e. The highest BCUT2D eigenvalue weighted by Crippen LogP contribution is 2.32. The molecule has 120 valence electrons. The maximum absolute atomic E-state index is 13.1. The molecule has 0 saturated carbocycles. The SMILES string of the molecule is O=C(OCc1cc(Cl)cc2c1OCOC2)c1ccc(F)cc1Br. The van der Waals surface area contributed by atoms with Crippen molar-refractivity contribution in [1.82, 2.24) is 0 Å². The van der Waals surface area contributed by atoms with Gasteiger partial charge in [0.15, 0.2) is 6.79 Å². The molecule has 0 radical (unpaired) electrons. The quantitative estimate of drug-likeness (QED) is 0.712. The van der Waals surface area contributed by atoms with E-state index in [9.17, 15) is 9.18 Å². The number of esters is 1. The molecule has 3 rings (SSSR count). The number of fused-ring (bicyclic) bond motifs is 1. The van der Waals surface area contributed by atoms with E-state index in [0.717, 1.165) is 5.56 Å². The zero-order valence-corrected chi connectivity index (χ0v) is 14.1. The molecule has 0 unspecified atom stereocenters. The third-order valence-electron chi connectivity index (χ3n) is 3.26. The van der Waals surface area contributed by atoms with Gasteiger partial charge in [-0.25, -0.2) is 9.18 Å². The summed E-state index contributed by atoms with van der Waals surface area (Å²) in [5.74, 6) is -0.394. The van der Waals surface area contributed by atoms with E-state index in [-0.39, 0.29) is 19.0 Å². The van der Waals surface area contributed by atoms with Crippen LogP contribution >= 0.6 is 27.5 Å². The van der Waals surface area contributed by atoms with Crippen LogP contribution in [-0.2, 0) is 22.7 Å². The molecule has 2 aromatic carbocycles. The lowest BCUT2D eigenvalue weighted by atomic mass is 10.1. The van der Waals surface area contributed by atoms with Crippen molar-refractivity contribution in [3.63, 3.8) is 0 Å². The summed E-state index contributed by atoms with van der Waals surface area (Å²) in [6.07, 6.45) is 0. The zero-order chi connectivity index (χ0) is 16.4. The predicted molar refractivity (Wildman–Crippen MR) is 85.0 cm³/mol. The minimum Gasteiger partial charge on any atom is -0.467 e. The number of hydrogen-bond acceptors (Lipinski definition) is 4. The van der Waals surface area contributed by atoms with Crippen molar-refractivity contribution < 1.29 is 23.4 Å². The van der Waals surface area contributed by atoms with E-state index in [0.29, 0.717) is 27.4 Å². The van der Waals surface area contributed by atoms with Gasteiger partial charge in [-0.2, -0.15) is 0 Å². The smallest absolute Gasteiger partial charge is 0.339 e. The van der Waals surface area contributed by atoms with Crippen molar-refractivity contribution in [2.75, 3.05) is 6.79 Å². The van der Waals surface area contributed by atoms with E-state index >= 15 is 0 Å². The Kier molecular flexibility index (Phi) is 4.84. The van der Waals surface area contributed by atoms with Crippen LogP contribution in [0.5, 0.6) is 5.75 Å². The van der Waals surface area contributed by atoms with Gasteiger partial charge in [-0.3, -0.25) is 0 Å². The fourth-order valence-electron chi connectivity index (χ4n) is 2.24. The van der Waals surface area contributed by atoms with E-state index in [1.54, 1.807) is 12.1 Å². The molecule has 0 bridgehead atoms. The molecule has 1 heterocycles. The lowest BCUT2D eigenvalue weighted by molar-refractivity contribution is -0.0180. The molecular formula is C16H11BrClFO4. The molecule has 1 aliphatic rings. The van der Waals surface area contributed by atoms with Crippen LogP contribution in [-0.4, -0.2) is 12.8 Å². The first-order valence-corrected chi connectivity index (χ1v) is 7.85. The molecule has 0 N–H and O–H groups in total. The van der Waals surface area contributed by atoms with Gasteiger partial charge in [0, 0.05) is 20.6 Å². The van der Waals surface area contributed by atoms with Gasteiger partial charge < -0.3 is 14.2 Å². The fraction of sp³-hybridized carbons (Fsp3) is 0.188. The third-order valence-corrected chi connectivity index (χ3v) is 4.14. The van der Waals surface area contributed by atoms with Gasteiger partial charge in [0.05, 0.1) is 12.2 Å². The van der Waals surface area contributed by atoms with Crippen LogP contribution in [0.4, 0.5) is 4.39 Å². The largest absolute Gasteiger partial charge is 0.467 e. The number of rotatable bonds is 3. The van der Waals surface area contributed by atoms with E-state index in [1.807, 2.05) is 0 Å². The lowest BCUT2D eigenvalue weighted by Crippen LogP contribution is -2.14. The van der Waals surface area contributed by atoms with Crippen molar-refractivity contribution in [3.05, 3.63) is 62.3 Å². The van der Waals surface area contributed by atoms with E-state index in [4.69, 9.17) is 25.8 Å². The summed E-state index contributed by atoms with van der Waals surface area (Å²) in [5.41, 5.74) is 1.70. The minimum absolute atomic E-state index is 0.00839. The third kappa shape index (κ3) is 3.65. The van der Waals surface area contributed by atoms with Crippen molar-refractivity contribution in [2.45, 2.75) is 13.2 Å². The normalized spacial score (nSPS) is 13.2. The average Bonchev–Trinajstić information content (AvgIpc) is 2.52. The van der Waals surface area contributed by atoms with Crippen molar-refractivity contribution >= 4 is 33.5 Å². The van der Waals surface area contributed by atoms with Crippen LogP contribution in [0.2, 0.25) is 5.02 Å². The Morgan fingerprint density at radius 2 is 2.17 bits per heavy atom. The van der Waals surface area contributed by atoms with Crippen LogP contribution < -0.4 is 4.74 Å². The Labute approximate surface area is 145 Å². The highest BCUT2D eigenvalue weighted by molar-refractivity contribution is 9.10. The molecule has 0 spiro atoms. The Morgan fingerprint density at radius 3 is 2.96 bits per heavy atom. The molecule has 0 amide bonds. The molecule has 0 atom stereocenters. The molecule has 2 aromatic rings.